The van der Waals surface area contributed by atoms with Gasteiger partial charge in [-0.3, -0.25) is 0 Å². The Labute approximate surface area is 160 Å². The van der Waals surface area contributed by atoms with E-state index in [9.17, 15) is 0 Å². The number of aryl methyl sites for hydroxylation is 1. The molecule has 0 saturated carbocycles. The van der Waals surface area contributed by atoms with E-state index in [-0.39, 0.29) is 0 Å². The topological polar surface area (TPSA) is 8.17 Å². The van der Waals surface area contributed by atoms with Crippen molar-refractivity contribution in [3.05, 3.63) is 69.9 Å². The van der Waals surface area contributed by atoms with E-state index < -0.39 is 0 Å². The molecule has 0 bridgehead atoms. The van der Waals surface area contributed by atoms with Crippen LogP contribution in [0.5, 0.6) is 0 Å². The van der Waals surface area contributed by atoms with Gasteiger partial charge in [-0.1, -0.05) is 12.1 Å². The molecule has 3 heteroatoms. The third-order valence-corrected chi connectivity index (χ3v) is 7.44. The van der Waals surface area contributed by atoms with Crippen LogP contribution in [0.4, 0.5) is 5.69 Å². The maximum absolute atomic E-state index is 2.50. The first-order chi connectivity index (χ1) is 12.7. The van der Waals surface area contributed by atoms with Crippen LogP contribution >= 0.6 is 11.3 Å². The van der Waals surface area contributed by atoms with Gasteiger partial charge in [0.25, 0.3) is 0 Å². The Morgan fingerprint density at radius 1 is 0.962 bits per heavy atom. The molecule has 1 aromatic carbocycles. The molecular formula is C23H26N2S. The lowest BCUT2D eigenvalue weighted by atomic mass is 9.88. The van der Waals surface area contributed by atoms with Crippen molar-refractivity contribution >= 4 is 17.0 Å². The monoisotopic (exact) mass is 362 g/mol. The van der Waals surface area contributed by atoms with Crippen molar-refractivity contribution in [2.45, 2.75) is 44.4 Å². The van der Waals surface area contributed by atoms with Crippen molar-refractivity contribution in [3.63, 3.8) is 0 Å². The molecule has 2 aromatic heterocycles. The summed E-state index contributed by atoms with van der Waals surface area (Å²) in [6.45, 7) is 0. The van der Waals surface area contributed by atoms with Crippen LogP contribution in [0.1, 0.15) is 52.4 Å². The van der Waals surface area contributed by atoms with E-state index in [1.165, 1.54) is 60.5 Å². The van der Waals surface area contributed by atoms with Gasteiger partial charge >= 0.3 is 0 Å². The molecule has 0 spiro atoms. The van der Waals surface area contributed by atoms with Gasteiger partial charge in [0.15, 0.2) is 0 Å². The number of rotatable bonds is 2. The second kappa shape index (κ2) is 6.31. The summed E-state index contributed by atoms with van der Waals surface area (Å²) in [5, 5.41) is 1.50. The second-order valence-corrected chi connectivity index (χ2v) is 8.96. The molecule has 1 unspecified atom stereocenters. The molecule has 0 amide bonds. The largest absolute Gasteiger partial charge is 0.378 e. The van der Waals surface area contributed by atoms with Crippen LogP contribution in [0.15, 0.2) is 42.6 Å². The predicted molar refractivity (Wildman–Crippen MR) is 111 cm³/mol. The molecule has 0 saturated heterocycles. The summed E-state index contributed by atoms with van der Waals surface area (Å²) in [5.41, 5.74) is 7.51. The minimum atomic E-state index is 0.486. The minimum absolute atomic E-state index is 0.486. The number of hydrogen-bond acceptors (Lipinski definition) is 2. The summed E-state index contributed by atoms with van der Waals surface area (Å²) in [4.78, 5) is 3.83. The highest BCUT2D eigenvalue weighted by atomic mass is 32.1. The standard InChI is InChI=1S/C23H26N2S/c1-24(2)17-11-9-16(10-12-17)18-13-14-20-19-6-3-4-8-22(19)26-23(20)25-15-5-7-21(18)25/h5,7,9-12,15,18H,3-4,6,8,13-14H2,1-2H3. The molecule has 3 aromatic rings. The van der Waals surface area contributed by atoms with Crippen molar-refractivity contribution in [1.29, 1.82) is 0 Å². The highest BCUT2D eigenvalue weighted by molar-refractivity contribution is 7.15. The lowest BCUT2D eigenvalue weighted by molar-refractivity contribution is 0.675. The Morgan fingerprint density at radius 2 is 1.77 bits per heavy atom. The zero-order valence-electron chi connectivity index (χ0n) is 15.7. The van der Waals surface area contributed by atoms with Crippen LogP contribution in [0.25, 0.3) is 5.00 Å². The van der Waals surface area contributed by atoms with Crippen LogP contribution in [0, 0.1) is 0 Å². The number of anilines is 1. The molecule has 0 fully saturated rings. The van der Waals surface area contributed by atoms with Gasteiger partial charge in [0, 0.05) is 42.5 Å². The molecule has 5 rings (SSSR count). The van der Waals surface area contributed by atoms with Crippen LogP contribution in [0.3, 0.4) is 0 Å². The third kappa shape index (κ3) is 2.52. The Hall–Kier alpha value is -2.00. The van der Waals surface area contributed by atoms with Gasteiger partial charge in [-0.2, -0.15) is 0 Å². The first kappa shape index (κ1) is 16.2. The summed E-state index contributed by atoms with van der Waals surface area (Å²) >= 11 is 2.06. The average Bonchev–Trinajstić information content (AvgIpc) is 3.24. The third-order valence-electron chi connectivity index (χ3n) is 6.11. The molecule has 1 aliphatic carbocycles. The van der Waals surface area contributed by atoms with Gasteiger partial charge in [0.2, 0.25) is 0 Å². The fraction of sp³-hybridized carbons (Fsp3) is 0.391. The van der Waals surface area contributed by atoms with Gasteiger partial charge < -0.3 is 9.47 Å². The van der Waals surface area contributed by atoms with E-state index in [1.54, 1.807) is 16.0 Å². The number of hydrogen-bond donors (Lipinski definition) is 0. The van der Waals surface area contributed by atoms with Crippen LogP contribution < -0.4 is 4.90 Å². The molecule has 3 heterocycles. The lowest BCUT2D eigenvalue weighted by Gasteiger charge is -2.19. The summed E-state index contributed by atoms with van der Waals surface area (Å²) in [6, 6.07) is 13.7. The number of benzene rings is 1. The normalized spacial score (nSPS) is 18.6. The molecule has 1 aliphatic heterocycles. The highest BCUT2D eigenvalue weighted by Crippen LogP contribution is 2.43. The number of thiophene rings is 1. The van der Waals surface area contributed by atoms with Crippen molar-refractivity contribution in [1.82, 2.24) is 4.57 Å². The average molecular weight is 363 g/mol. The van der Waals surface area contributed by atoms with E-state index in [0.29, 0.717) is 5.92 Å². The summed E-state index contributed by atoms with van der Waals surface area (Å²) in [6.07, 6.45) is 10.0. The molecule has 134 valence electrons. The number of aromatic nitrogens is 1. The van der Waals surface area contributed by atoms with Crippen LogP contribution in [-0.2, 0) is 19.3 Å². The zero-order valence-corrected chi connectivity index (χ0v) is 16.5. The molecular weight excluding hydrogens is 336 g/mol. The lowest BCUT2D eigenvalue weighted by Crippen LogP contribution is -2.09. The van der Waals surface area contributed by atoms with Crippen molar-refractivity contribution < 1.29 is 0 Å². The Bertz CT molecular complexity index is 930. The van der Waals surface area contributed by atoms with E-state index in [2.05, 4.69) is 77.5 Å². The molecule has 0 radical (unpaired) electrons. The maximum Gasteiger partial charge on any atom is 0.103 e. The fourth-order valence-electron chi connectivity index (χ4n) is 4.71. The first-order valence-corrected chi connectivity index (χ1v) is 10.6. The van der Waals surface area contributed by atoms with Crippen LogP contribution in [-0.4, -0.2) is 18.7 Å². The summed E-state index contributed by atoms with van der Waals surface area (Å²) in [5.74, 6) is 0.486. The molecule has 26 heavy (non-hydrogen) atoms. The minimum Gasteiger partial charge on any atom is -0.378 e. The van der Waals surface area contributed by atoms with Gasteiger partial charge in [-0.15, -0.1) is 11.3 Å². The zero-order chi connectivity index (χ0) is 17.7. The predicted octanol–water partition coefficient (Wildman–Crippen LogP) is 5.56. The van der Waals surface area contributed by atoms with Crippen LogP contribution in [0.2, 0.25) is 0 Å². The summed E-state index contributed by atoms with van der Waals surface area (Å²) in [7, 11) is 4.21. The second-order valence-electron chi connectivity index (χ2n) is 7.87. The van der Waals surface area contributed by atoms with Gasteiger partial charge in [0.1, 0.15) is 5.00 Å². The van der Waals surface area contributed by atoms with E-state index in [1.807, 2.05) is 0 Å². The van der Waals surface area contributed by atoms with Gasteiger partial charge in [-0.05, 0) is 79.5 Å². The van der Waals surface area contributed by atoms with E-state index in [4.69, 9.17) is 0 Å². The number of nitrogens with zero attached hydrogens (tertiary/aromatic N) is 2. The molecule has 0 N–H and O–H groups in total. The Balaban J connectivity index is 1.57. The molecule has 1 atom stereocenters. The van der Waals surface area contributed by atoms with Crippen molar-refractivity contribution in [3.8, 4) is 5.00 Å². The van der Waals surface area contributed by atoms with Gasteiger partial charge in [-0.25, -0.2) is 0 Å². The summed E-state index contributed by atoms with van der Waals surface area (Å²) < 4.78 is 2.50. The SMILES string of the molecule is CN(C)c1ccc(C2CCc3c(sc4c3CCCC4)-n3cccc32)cc1. The molecule has 2 nitrogen and oxygen atoms in total. The molecule has 2 aliphatic rings. The van der Waals surface area contributed by atoms with Gasteiger partial charge in [0.05, 0.1) is 0 Å². The smallest absolute Gasteiger partial charge is 0.103 e. The van der Waals surface area contributed by atoms with E-state index in [0.717, 1.165) is 0 Å². The quantitative estimate of drug-likeness (QED) is 0.579. The highest BCUT2D eigenvalue weighted by Gasteiger charge is 2.28. The maximum atomic E-state index is 2.50. The number of fused-ring (bicyclic) bond motifs is 5. The van der Waals surface area contributed by atoms with Crippen molar-refractivity contribution in [2.75, 3.05) is 19.0 Å². The van der Waals surface area contributed by atoms with E-state index >= 15 is 0 Å². The fourth-order valence-corrected chi connectivity index (χ4v) is 6.15. The Kier molecular flexibility index (Phi) is 3.93. The van der Waals surface area contributed by atoms with Crippen molar-refractivity contribution in [2.24, 2.45) is 0 Å². The first-order valence-electron chi connectivity index (χ1n) is 9.80. The Morgan fingerprint density at radius 3 is 2.58 bits per heavy atom.